The highest BCUT2D eigenvalue weighted by molar-refractivity contribution is 6.28. The molecule has 1 rings (SSSR count). The van der Waals surface area contributed by atoms with Gasteiger partial charge >= 0.3 is 5.97 Å². The van der Waals surface area contributed by atoms with Crippen molar-refractivity contribution in [3.05, 3.63) is 29.3 Å². The smallest absolute Gasteiger partial charge is 0.337 e. The van der Waals surface area contributed by atoms with Crippen molar-refractivity contribution in [1.29, 1.82) is 0 Å². The molecule has 5 heteroatoms. The molecule has 1 aromatic carbocycles. The molecule has 104 valence electrons. The van der Waals surface area contributed by atoms with Gasteiger partial charge in [0, 0.05) is 0 Å². The fourth-order valence-electron chi connectivity index (χ4n) is 1.66. The van der Waals surface area contributed by atoms with Crippen LogP contribution in [0.4, 0.5) is 5.69 Å². The fourth-order valence-corrected chi connectivity index (χ4v) is 1.72. The monoisotopic (exact) mass is 282 g/mol. The number of nitrogens with two attached hydrogens (primary N) is 1. The minimum absolute atomic E-state index is 0.169. The van der Waals surface area contributed by atoms with Gasteiger partial charge < -0.3 is 10.5 Å². The summed E-state index contributed by atoms with van der Waals surface area (Å²) in [6.45, 7) is 6.12. The molecule has 0 aromatic heterocycles. The van der Waals surface area contributed by atoms with Crippen molar-refractivity contribution in [1.82, 2.24) is 0 Å². The minimum atomic E-state index is -0.369. The van der Waals surface area contributed by atoms with Crippen LogP contribution in [0.2, 0.25) is 0 Å². The van der Waals surface area contributed by atoms with Crippen LogP contribution in [0.3, 0.4) is 0 Å². The van der Waals surface area contributed by atoms with Crippen LogP contribution in [0.1, 0.15) is 36.7 Å². The van der Waals surface area contributed by atoms with Crippen LogP contribution in [0, 0.1) is 0 Å². The number of nitrogens with zero attached hydrogens (tertiary/aromatic N) is 1. The topological polar surface area (TPSA) is 64.7 Å². The summed E-state index contributed by atoms with van der Waals surface area (Å²) in [4.78, 5) is 15.9. The summed E-state index contributed by atoms with van der Waals surface area (Å²) >= 11 is 5.64. The van der Waals surface area contributed by atoms with Gasteiger partial charge in [-0.15, -0.1) is 11.6 Å². The maximum atomic E-state index is 11.6. The van der Waals surface area contributed by atoms with E-state index >= 15 is 0 Å². The van der Waals surface area contributed by atoms with Gasteiger partial charge in [0.2, 0.25) is 0 Å². The second-order valence-corrected chi connectivity index (χ2v) is 5.48. The van der Waals surface area contributed by atoms with Crippen molar-refractivity contribution in [2.75, 3.05) is 13.0 Å². The summed E-state index contributed by atoms with van der Waals surface area (Å²) in [6, 6.07) is 5.21. The lowest BCUT2D eigenvalue weighted by molar-refractivity contribution is 0.0600. The lowest BCUT2D eigenvalue weighted by Crippen LogP contribution is -2.16. The van der Waals surface area contributed by atoms with Crippen molar-refractivity contribution in [3.63, 3.8) is 0 Å². The van der Waals surface area contributed by atoms with E-state index in [1.54, 1.807) is 18.2 Å². The Morgan fingerprint density at radius 1 is 1.42 bits per heavy atom. The summed E-state index contributed by atoms with van der Waals surface area (Å²) in [5.41, 5.74) is 7.63. The van der Waals surface area contributed by atoms with E-state index in [0.717, 1.165) is 11.3 Å². The summed E-state index contributed by atoms with van der Waals surface area (Å²) < 4.78 is 4.73. The Hall–Kier alpha value is -1.55. The molecule has 0 fully saturated rings. The van der Waals surface area contributed by atoms with Gasteiger partial charge in [-0.3, -0.25) is 0 Å². The summed E-state index contributed by atoms with van der Waals surface area (Å²) in [7, 11) is 1.36. The number of esters is 1. The highest BCUT2D eigenvalue weighted by Gasteiger charge is 2.20. The molecule has 0 aliphatic carbocycles. The average Bonchev–Trinajstić information content (AvgIpc) is 2.36. The van der Waals surface area contributed by atoms with Crippen LogP contribution in [-0.2, 0) is 10.2 Å². The molecule has 0 spiro atoms. The third-order valence-corrected chi connectivity index (χ3v) is 2.90. The van der Waals surface area contributed by atoms with Gasteiger partial charge in [0.1, 0.15) is 5.84 Å². The number of amidine groups is 1. The van der Waals surface area contributed by atoms with Gasteiger partial charge in [-0.2, -0.15) is 0 Å². The van der Waals surface area contributed by atoms with E-state index in [1.807, 2.05) is 20.8 Å². The standard InChI is InChI=1S/C14H19ClN2O2/c1-14(2,3)10-7-9(13(18)19-4)5-6-11(10)17-12(16)8-15/h5-7H,8H2,1-4H3,(H2,16,17). The number of carbonyl (C=O) groups excluding carboxylic acids is 1. The molecule has 4 nitrogen and oxygen atoms in total. The molecule has 2 N–H and O–H groups in total. The summed E-state index contributed by atoms with van der Waals surface area (Å²) in [6.07, 6.45) is 0. The van der Waals surface area contributed by atoms with Crippen molar-refractivity contribution in [2.45, 2.75) is 26.2 Å². The van der Waals surface area contributed by atoms with Crippen LogP contribution in [0.5, 0.6) is 0 Å². The molecule has 19 heavy (non-hydrogen) atoms. The van der Waals surface area contributed by atoms with E-state index in [4.69, 9.17) is 22.1 Å². The van der Waals surface area contributed by atoms with Crippen molar-refractivity contribution in [3.8, 4) is 0 Å². The van der Waals surface area contributed by atoms with Gasteiger partial charge in [0.05, 0.1) is 24.2 Å². The third kappa shape index (κ3) is 3.96. The van der Waals surface area contributed by atoms with Gasteiger partial charge in [-0.1, -0.05) is 20.8 Å². The van der Waals surface area contributed by atoms with Crippen LogP contribution in [-0.4, -0.2) is 24.8 Å². The highest BCUT2D eigenvalue weighted by Crippen LogP contribution is 2.32. The lowest BCUT2D eigenvalue weighted by Gasteiger charge is -2.22. The quantitative estimate of drug-likeness (QED) is 0.401. The number of rotatable bonds is 3. The van der Waals surface area contributed by atoms with E-state index in [1.165, 1.54) is 7.11 Å². The van der Waals surface area contributed by atoms with Crippen LogP contribution in [0.15, 0.2) is 23.2 Å². The van der Waals surface area contributed by atoms with E-state index in [0.29, 0.717) is 11.4 Å². The Morgan fingerprint density at radius 3 is 2.53 bits per heavy atom. The van der Waals surface area contributed by atoms with Crippen molar-refractivity contribution >= 4 is 29.1 Å². The molecule has 0 amide bonds. The number of benzene rings is 1. The molecule has 0 unspecified atom stereocenters. The second kappa shape index (κ2) is 6.06. The van der Waals surface area contributed by atoms with Crippen LogP contribution >= 0.6 is 11.6 Å². The van der Waals surface area contributed by atoms with Crippen LogP contribution < -0.4 is 5.73 Å². The Morgan fingerprint density at radius 2 is 2.05 bits per heavy atom. The first-order valence-electron chi connectivity index (χ1n) is 5.91. The average molecular weight is 283 g/mol. The molecule has 1 aromatic rings. The first kappa shape index (κ1) is 15.5. The number of hydrogen-bond donors (Lipinski definition) is 1. The molecule has 0 atom stereocenters. The molecular formula is C14H19ClN2O2. The van der Waals surface area contributed by atoms with E-state index in [2.05, 4.69) is 4.99 Å². The number of carbonyl (C=O) groups is 1. The first-order valence-corrected chi connectivity index (χ1v) is 6.45. The molecule has 0 saturated heterocycles. The maximum Gasteiger partial charge on any atom is 0.337 e. The van der Waals surface area contributed by atoms with Gasteiger partial charge in [0.15, 0.2) is 0 Å². The maximum absolute atomic E-state index is 11.6. The number of aliphatic imine (C=N–C) groups is 1. The Bertz CT molecular complexity index is 505. The molecular weight excluding hydrogens is 264 g/mol. The minimum Gasteiger partial charge on any atom is -0.465 e. The third-order valence-electron chi connectivity index (χ3n) is 2.63. The zero-order chi connectivity index (χ0) is 14.6. The van der Waals surface area contributed by atoms with Crippen molar-refractivity contribution < 1.29 is 9.53 Å². The fraction of sp³-hybridized carbons (Fsp3) is 0.429. The lowest BCUT2D eigenvalue weighted by atomic mass is 9.85. The van der Waals surface area contributed by atoms with E-state index in [-0.39, 0.29) is 17.3 Å². The number of halogens is 1. The molecule has 0 bridgehead atoms. The normalized spacial score (nSPS) is 12.4. The van der Waals surface area contributed by atoms with Crippen LogP contribution in [0.25, 0.3) is 0 Å². The van der Waals surface area contributed by atoms with Crippen molar-refractivity contribution in [2.24, 2.45) is 10.7 Å². The summed E-state index contributed by atoms with van der Waals surface area (Å²) in [5.74, 6) is 0.145. The Labute approximate surface area is 118 Å². The molecule has 0 heterocycles. The van der Waals surface area contributed by atoms with E-state index < -0.39 is 0 Å². The summed E-state index contributed by atoms with van der Waals surface area (Å²) in [5, 5.41) is 0. The highest BCUT2D eigenvalue weighted by atomic mass is 35.5. The zero-order valence-corrected chi connectivity index (χ0v) is 12.4. The van der Waals surface area contributed by atoms with E-state index in [9.17, 15) is 4.79 Å². The Balaban J connectivity index is 3.37. The number of ether oxygens (including phenoxy) is 1. The molecule has 0 aliphatic rings. The number of methoxy groups -OCH3 is 1. The first-order chi connectivity index (χ1) is 8.79. The molecule has 0 aliphatic heterocycles. The largest absolute Gasteiger partial charge is 0.465 e. The predicted molar refractivity (Wildman–Crippen MR) is 78.5 cm³/mol. The zero-order valence-electron chi connectivity index (χ0n) is 11.7. The number of alkyl halides is 1. The molecule has 0 radical (unpaired) electrons. The SMILES string of the molecule is COC(=O)c1ccc(N=C(N)CCl)c(C(C)(C)C)c1. The van der Waals surface area contributed by atoms with Gasteiger partial charge in [-0.05, 0) is 29.2 Å². The molecule has 0 saturated carbocycles. The second-order valence-electron chi connectivity index (χ2n) is 5.21. The Kier molecular flexibility index (Phi) is 4.95. The number of hydrogen-bond acceptors (Lipinski definition) is 3. The van der Waals surface area contributed by atoms with Gasteiger partial charge in [-0.25, -0.2) is 9.79 Å². The van der Waals surface area contributed by atoms with Gasteiger partial charge in [0.25, 0.3) is 0 Å². The predicted octanol–water partition coefficient (Wildman–Crippen LogP) is 3.00.